The van der Waals surface area contributed by atoms with E-state index in [0.717, 1.165) is 47.4 Å². The van der Waals surface area contributed by atoms with Crippen molar-refractivity contribution in [2.24, 2.45) is 23.1 Å². The first-order chi connectivity index (χ1) is 58.3. The van der Waals surface area contributed by atoms with Crippen molar-refractivity contribution in [3.63, 3.8) is 0 Å². The molecule has 8 aliphatic heterocycles. The smallest absolute Gasteiger partial charge is 0.330 e. The van der Waals surface area contributed by atoms with E-state index in [9.17, 15) is 91.0 Å². The van der Waals surface area contributed by atoms with Crippen LogP contribution in [0, 0.1) is 5.92 Å². The lowest BCUT2D eigenvalue weighted by Gasteiger charge is -2.47. The standard InChI is InChI=1S/C81H106ClN11O31/c1-30(2)18-41(86-7)72(109)91-59-61(101)34-14-17-47(40(82)19-34)120-49-21-35-20-48(68(49)124-79-69(66(106)65(105)50(29-95)121-79)123-53-25-81(6,85)71(108)32(4)118-53)119-36-15-12-33(13-16-36)67(122-52-24-80(5,84)70(107)31(3)117-52)60-77(114)90-58(78(115)116)38-22-44(97)39(26-93(8)27-45(98)63(103)64(104)46(99)28-94)62(102)55(38)54-37(10-9-11-43(54)96)57(75(112)92-60)89-74(111)56(35)88-73(110)42(23-51(83)100)87-76(59)113/h9-17,19-22,30-32,41-42,45-46,50,52-53,56-61,63-67,69-71,79,86,94-99,101-108H,18,23-29,84-85H2,1-8H3,(H2,83,100)(H,87,113)(H,88,110)(H,89,111)(H,90,114)(H,91,109)(H,92,112)(H,115,116). The Balaban J connectivity index is 1.20. The third kappa shape index (κ3) is 20.6. The molecule has 3 saturated heterocycles. The van der Waals surface area contributed by atoms with Crippen LogP contribution < -0.4 is 68.6 Å². The van der Waals surface area contributed by atoms with Crippen LogP contribution in [0.1, 0.15) is 131 Å². The number of nitrogens with two attached hydrogens (primary N) is 3. The average Bonchev–Trinajstić information content (AvgIpc) is 1.32. The molecule has 5 aromatic rings. The number of ether oxygens (including phenoxy) is 8. The van der Waals surface area contributed by atoms with E-state index in [0.29, 0.717) is 0 Å². The maximum atomic E-state index is 16.8. The van der Waals surface area contributed by atoms with Crippen molar-refractivity contribution >= 4 is 58.9 Å². The van der Waals surface area contributed by atoms with Gasteiger partial charge in [0.25, 0.3) is 0 Å². The highest BCUT2D eigenvalue weighted by Crippen LogP contribution is 2.52. The number of carboxylic acids is 1. The zero-order valence-corrected chi connectivity index (χ0v) is 69.1. The molecule has 43 heteroatoms. The number of carbonyl (C=O) groups excluding carboxylic acids is 7. The van der Waals surface area contributed by atoms with Crippen LogP contribution in [-0.4, -0.2) is 290 Å². The molecular weight excluding hydrogens is 1660 g/mol. The molecule has 42 nitrogen and oxygen atoms in total. The Morgan fingerprint density at radius 3 is 1.87 bits per heavy atom. The minimum absolute atomic E-state index is 0.117. The van der Waals surface area contributed by atoms with Crippen molar-refractivity contribution in [2.45, 2.75) is 231 Å². The first kappa shape index (κ1) is 94.8. The summed E-state index contributed by atoms with van der Waals surface area (Å²) in [7, 11) is 2.71. The molecule has 8 aliphatic rings. The van der Waals surface area contributed by atoms with Gasteiger partial charge in [0.1, 0.15) is 108 Å². The number of fused-ring (bicyclic) bond motifs is 14. The van der Waals surface area contributed by atoms with Gasteiger partial charge in [0.2, 0.25) is 53.4 Å². The molecule has 13 rings (SSSR count). The van der Waals surface area contributed by atoms with Gasteiger partial charge in [0.15, 0.2) is 36.2 Å². The molecule has 7 amide bonds. The number of rotatable bonds is 23. The fourth-order valence-corrected chi connectivity index (χ4v) is 16.1. The first-order valence-corrected chi connectivity index (χ1v) is 40.1. The number of amides is 7. The van der Waals surface area contributed by atoms with Crippen molar-refractivity contribution < 1.29 is 153 Å². The predicted octanol–water partition coefficient (Wildman–Crippen LogP) is -3.44. The van der Waals surface area contributed by atoms with E-state index in [1.807, 2.05) is 0 Å². The van der Waals surface area contributed by atoms with E-state index in [2.05, 4.69) is 37.2 Å². The lowest BCUT2D eigenvalue weighted by atomic mass is 9.85. The molecule has 26 atom stereocenters. The zero-order valence-electron chi connectivity index (χ0n) is 68.4. The van der Waals surface area contributed by atoms with Crippen molar-refractivity contribution in [3.05, 3.63) is 117 Å². The van der Waals surface area contributed by atoms with E-state index in [1.165, 1.54) is 78.2 Å². The number of hydrogen-bond donors (Lipinski definition) is 25. The Morgan fingerprint density at radius 1 is 0.677 bits per heavy atom. The number of primary amides is 1. The predicted molar refractivity (Wildman–Crippen MR) is 428 cm³/mol. The number of carbonyl (C=O) groups is 8. The minimum atomic E-state index is -2.52. The Bertz CT molecular complexity index is 4760. The number of nitrogens with zero attached hydrogens (tertiary/aromatic N) is 1. The third-order valence-electron chi connectivity index (χ3n) is 22.6. The number of aliphatic carboxylic acids is 1. The monoisotopic (exact) mass is 1760 g/mol. The summed E-state index contributed by atoms with van der Waals surface area (Å²) in [4.78, 5) is 123. The lowest BCUT2D eigenvalue weighted by molar-refractivity contribution is -0.333. The molecule has 3 fully saturated rings. The summed E-state index contributed by atoms with van der Waals surface area (Å²) in [6, 6.07) is -0.812. The van der Waals surface area contributed by atoms with Gasteiger partial charge in [-0.3, -0.25) is 38.5 Å². The Labute approximate surface area is 713 Å². The van der Waals surface area contributed by atoms with E-state index in [4.69, 9.17) is 66.7 Å². The number of aliphatic hydroxyl groups excluding tert-OH is 11. The van der Waals surface area contributed by atoms with Crippen LogP contribution in [0.2, 0.25) is 5.02 Å². The summed E-state index contributed by atoms with van der Waals surface area (Å²) >= 11 is 7.18. The number of carboxylic acid groups (broad SMARTS) is 1. The number of phenolic OH excluding ortho intramolecular Hbond substituents is 3. The number of hydrogen-bond acceptors (Lipinski definition) is 34. The number of halogens is 1. The number of phenols is 3. The molecule has 124 heavy (non-hydrogen) atoms. The molecule has 0 radical (unpaired) electrons. The van der Waals surface area contributed by atoms with Crippen LogP contribution in [0.3, 0.4) is 0 Å². The van der Waals surface area contributed by atoms with Gasteiger partial charge in [-0.25, -0.2) is 4.79 Å². The van der Waals surface area contributed by atoms with E-state index in [-0.39, 0.29) is 42.1 Å². The SMILES string of the molecule is CNC(CC(C)C)C(=O)NC1C(=O)NC(CC(N)=O)C(=O)NC2C(=O)NC3C(=O)NC(C(=O)NC(C(=O)O)c4cc(O)c(CN(C)CC(O)C(O)C(O)C(O)CO)c(O)c4-c4c(O)cccc43)C(OC3CC(C)(N)C(O)C(C)O3)c3ccc(cc3)Oc3cc2cc(c3OC2OC(CO)C(O)C(O)C2OC2CC(C)(N)C(O)C(C)O2)Oc2ccc(cc2Cl)C1O. The van der Waals surface area contributed by atoms with E-state index < -0.39 is 316 Å². The van der Waals surface area contributed by atoms with Crippen LogP contribution in [0.25, 0.3) is 11.1 Å². The van der Waals surface area contributed by atoms with Crippen LogP contribution in [0.4, 0.5) is 0 Å². The van der Waals surface area contributed by atoms with Gasteiger partial charge in [-0.1, -0.05) is 55.8 Å². The van der Waals surface area contributed by atoms with Crippen LogP contribution in [-0.2, 0) is 68.6 Å². The van der Waals surface area contributed by atoms with Crippen LogP contribution in [0.5, 0.6) is 46.0 Å². The van der Waals surface area contributed by atoms with Crippen molar-refractivity contribution in [2.75, 3.05) is 33.9 Å². The maximum absolute atomic E-state index is 16.8. The van der Waals surface area contributed by atoms with Gasteiger partial charge in [-0.2, -0.15) is 0 Å². The topological polar surface area (TPSA) is 679 Å². The molecule has 9 bridgehead atoms. The fraction of sp³-hybridized carbons (Fsp3) is 0.531. The maximum Gasteiger partial charge on any atom is 0.330 e. The van der Waals surface area contributed by atoms with Crippen molar-refractivity contribution in [1.29, 1.82) is 0 Å². The average molecular weight is 1770 g/mol. The first-order valence-electron chi connectivity index (χ1n) is 39.7. The number of aromatic hydroxyl groups is 3. The second kappa shape index (κ2) is 38.9. The molecule has 8 heterocycles. The van der Waals surface area contributed by atoms with Crippen LogP contribution >= 0.6 is 11.6 Å². The normalized spacial score (nSPS) is 31.1. The van der Waals surface area contributed by atoms with Crippen LogP contribution in [0.15, 0.2) is 78.9 Å². The van der Waals surface area contributed by atoms with Crippen molar-refractivity contribution in [1.82, 2.24) is 42.1 Å². The summed E-state index contributed by atoms with van der Waals surface area (Å²) < 4.78 is 51.9. The molecule has 5 aromatic carbocycles. The Hall–Kier alpha value is -9.85. The Morgan fingerprint density at radius 2 is 1.28 bits per heavy atom. The van der Waals surface area contributed by atoms with Gasteiger partial charge < -0.3 is 169 Å². The zero-order chi connectivity index (χ0) is 90.9. The summed E-state index contributed by atoms with van der Waals surface area (Å²) in [5.74, 6) is -17.4. The molecule has 0 spiro atoms. The quantitative estimate of drug-likeness (QED) is 0.0302. The molecular formula is C81H106ClN11O31. The number of benzene rings is 5. The molecule has 28 N–H and O–H groups in total. The highest BCUT2D eigenvalue weighted by molar-refractivity contribution is 6.32. The summed E-state index contributed by atoms with van der Waals surface area (Å²) in [6.07, 6.45) is -31.5. The highest BCUT2D eigenvalue weighted by atomic mass is 35.5. The van der Waals surface area contributed by atoms with Gasteiger partial charge in [0.05, 0.1) is 66.8 Å². The van der Waals surface area contributed by atoms with E-state index in [1.54, 1.807) is 13.8 Å². The summed E-state index contributed by atoms with van der Waals surface area (Å²) in [6.45, 7) is 6.01. The van der Waals surface area contributed by atoms with E-state index >= 15 is 24.0 Å². The largest absolute Gasteiger partial charge is 0.507 e. The third-order valence-corrected chi connectivity index (χ3v) is 22.9. The number of likely N-dealkylation sites (N-methyl/N-ethyl adjacent to an activating group) is 2. The Kier molecular flexibility index (Phi) is 29.8. The molecule has 0 saturated carbocycles. The molecule has 678 valence electrons. The minimum Gasteiger partial charge on any atom is -0.507 e. The van der Waals surface area contributed by atoms with Gasteiger partial charge >= 0.3 is 5.97 Å². The second-order valence-electron chi connectivity index (χ2n) is 32.8. The molecule has 0 aliphatic carbocycles. The molecule has 26 unspecified atom stereocenters. The van der Waals surface area contributed by atoms with Gasteiger partial charge in [0, 0.05) is 53.7 Å². The summed E-state index contributed by atoms with van der Waals surface area (Å²) in [5, 5.41) is 188. The number of nitrogens with one attached hydrogen (secondary N) is 7. The van der Waals surface area contributed by atoms with Crippen molar-refractivity contribution in [3.8, 4) is 57.1 Å². The molecule has 0 aromatic heterocycles. The number of aliphatic hydroxyl groups is 11. The van der Waals surface area contributed by atoms with Gasteiger partial charge in [-0.05, 0) is 125 Å². The highest BCUT2D eigenvalue weighted by Gasteiger charge is 2.53. The van der Waals surface area contributed by atoms with Gasteiger partial charge in [-0.15, -0.1) is 0 Å². The second-order valence-corrected chi connectivity index (χ2v) is 33.3. The summed E-state index contributed by atoms with van der Waals surface area (Å²) in [5.41, 5.74) is 11.7. The fourth-order valence-electron chi connectivity index (χ4n) is 15.9. The lowest BCUT2D eigenvalue weighted by Crippen LogP contribution is -2.64.